The van der Waals surface area contributed by atoms with Gasteiger partial charge in [0.2, 0.25) is 0 Å². The molecule has 3 aromatic heterocycles. The van der Waals surface area contributed by atoms with E-state index in [0.29, 0.717) is 22.3 Å². The Morgan fingerprint density at radius 3 is 2.59 bits per heavy atom. The number of phenolic OH excluding ortho intramolecular Hbond substituents is 1. The summed E-state index contributed by atoms with van der Waals surface area (Å²) >= 11 is 0. The van der Waals surface area contributed by atoms with Crippen molar-refractivity contribution in [2.45, 2.75) is 13.0 Å². The van der Waals surface area contributed by atoms with Crippen LogP contribution in [0.5, 0.6) is 5.75 Å². The number of aromatic nitrogens is 5. The van der Waals surface area contributed by atoms with Crippen molar-refractivity contribution >= 4 is 11.0 Å². The lowest BCUT2D eigenvalue weighted by molar-refractivity contribution is 0.137. The van der Waals surface area contributed by atoms with Gasteiger partial charge in [-0.25, -0.2) is 0 Å². The molecule has 0 aliphatic carbocycles. The van der Waals surface area contributed by atoms with Crippen LogP contribution >= 0.6 is 0 Å². The maximum Gasteiger partial charge on any atom is 0.257 e. The van der Waals surface area contributed by atoms with E-state index in [2.05, 4.69) is 25.4 Å². The van der Waals surface area contributed by atoms with Gasteiger partial charge in [0.05, 0.1) is 10.9 Å². The summed E-state index contributed by atoms with van der Waals surface area (Å²) in [5.74, 6) is 0.173. The van der Waals surface area contributed by atoms with Gasteiger partial charge in [0.1, 0.15) is 17.5 Å². The van der Waals surface area contributed by atoms with Gasteiger partial charge in [0.15, 0.2) is 5.65 Å². The molecular formula is C19H17N5O3. The van der Waals surface area contributed by atoms with Gasteiger partial charge in [0.25, 0.3) is 5.56 Å². The number of hydrogen-bond acceptors (Lipinski definition) is 6. The zero-order valence-electron chi connectivity index (χ0n) is 14.7. The first kappa shape index (κ1) is 16.9. The highest BCUT2D eigenvalue weighted by Gasteiger charge is 2.23. The van der Waals surface area contributed by atoms with Gasteiger partial charge in [0, 0.05) is 25.1 Å². The van der Waals surface area contributed by atoms with E-state index in [-0.39, 0.29) is 11.3 Å². The van der Waals surface area contributed by atoms with Gasteiger partial charge in [-0.15, -0.1) is 10.2 Å². The fraction of sp³-hybridized carbons (Fsp3) is 0.158. The van der Waals surface area contributed by atoms with E-state index in [1.807, 2.05) is 13.0 Å². The topological polar surface area (TPSA) is 117 Å². The molecule has 27 heavy (non-hydrogen) atoms. The molecule has 0 amide bonds. The number of nitrogens with one attached hydrogen (secondary N) is 2. The first-order chi connectivity index (χ1) is 13.1. The van der Waals surface area contributed by atoms with Crippen LogP contribution in [0.25, 0.3) is 22.3 Å². The van der Waals surface area contributed by atoms with Gasteiger partial charge >= 0.3 is 0 Å². The number of methoxy groups -OCH3 is 1. The molecular weight excluding hydrogens is 346 g/mol. The fourth-order valence-electron chi connectivity index (χ4n) is 3.26. The molecule has 0 bridgehead atoms. The van der Waals surface area contributed by atoms with E-state index >= 15 is 0 Å². The van der Waals surface area contributed by atoms with Gasteiger partial charge < -0.3 is 19.8 Å². The van der Waals surface area contributed by atoms with E-state index < -0.39 is 6.10 Å². The van der Waals surface area contributed by atoms with Gasteiger partial charge in [-0.2, -0.15) is 0 Å². The molecule has 8 nitrogen and oxygen atoms in total. The molecule has 0 saturated heterocycles. The van der Waals surface area contributed by atoms with Crippen molar-refractivity contribution in [2.75, 3.05) is 7.11 Å². The molecule has 1 aromatic carbocycles. The number of phenols is 1. The number of pyridine rings is 1. The first-order valence-electron chi connectivity index (χ1n) is 8.31. The quantitative estimate of drug-likeness (QED) is 0.513. The smallest absolute Gasteiger partial charge is 0.257 e. The van der Waals surface area contributed by atoms with E-state index in [9.17, 15) is 9.90 Å². The molecule has 136 valence electrons. The monoisotopic (exact) mass is 363 g/mol. The average Bonchev–Trinajstić information content (AvgIpc) is 3.09. The van der Waals surface area contributed by atoms with Crippen LogP contribution in [0.4, 0.5) is 0 Å². The Hall–Kier alpha value is -3.52. The molecule has 3 N–H and O–H groups in total. The Labute approximate surface area is 153 Å². The summed E-state index contributed by atoms with van der Waals surface area (Å²) in [5.41, 5.74) is 3.55. The molecule has 0 radical (unpaired) electrons. The predicted octanol–water partition coefficient (Wildman–Crippen LogP) is 2.46. The number of aromatic hydroxyl groups is 1. The van der Waals surface area contributed by atoms with E-state index in [4.69, 9.17) is 4.74 Å². The maximum absolute atomic E-state index is 12.5. The van der Waals surface area contributed by atoms with Crippen LogP contribution < -0.4 is 5.56 Å². The van der Waals surface area contributed by atoms with Crippen LogP contribution in [0.2, 0.25) is 0 Å². The summed E-state index contributed by atoms with van der Waals surface area (Å²) < 4.78 is 5.72. The third kappa shape index (κ3) is 2.85. The summed E-state index contributed by atoms with van der Waals surface area (Å²) in [4.78, 5) is 18.2. The van der Waals surface area contributed by atoms with Crippen molar-refractivity contribution in [3.8, 4) is 17.0 Å². The second-order valence-corrected chi connectivity index (χ2v) is 6.18. The third-order valence-corrected chi connectivity index (χ3v) is 4.54. The van der Waals surface area contributed by atoms with E-state index in [0.717, 1.165) is 16.7 Å². The second kappa shape index (κ2) is 6.65. The highest BCUT2D eigenvalue weighted by atomic mass is 16.5. The predicted molar refractivity (Wildman–Crippen MR) is 99.4 cm³/mol. The maximum atomic E-state index is 12.5. The third-order valence-electron chi connectivity index (χ3n) is 4.54. The Bertz CT molecular complexity index is 1160. The van der Waals surface area contributed by atoms with Crippen molar-refractivity contribution in [1.82, 2.24) is 25.4 Å². The van der Waals surface area contributed by atoms with E-state index in [1.54, 1.807) is 43.8 Å². The normalized spacial score (nSPS) is 12.4. The first-order valence-corrected chi connectivity index (χ1v) is 8.31. The molecule has 0 spiro atoms. The van der Waals surface area contributed by atoms with Crippen LogP contribution in [-0.2, 0) is 4.74 Å². The number of H-pyrrole nitrogens is 2. The molecule has 4 aromatic rings. The van der Waals surface area contributed by atoms with Gasteiger partial charge in [-0.3, -0.25) is 4.79 Å². The number of aryl methyl sites for hydroxylation is 1. The minimum atomic E-state index is -0.438. The minimum absolute atomic E-state index is 0.173. The lowest BCUT2D eigenvalue weighted by Crippen LogP contribution is -2.12. The molecule has 3 heterocycles. The van der Waals surface area contributed by atoms with Crippen LogP contribution in [0, 0.1) is 6.92 Å². The highest BCUT2D eigenvalue weighted by Crippen LogP contribution is 2.35. The Balaban J connectivity index is 1.98. The van der Waals surface area contributed by atoms with Gasteiger partial charge in [-0.1, -0.05) is 12.1 Å². The molecule has 0 aliphatic rings. The second-order valence-electron chi connectivity index (χ2n) is 6.18. The zero-order chi connectivity index (χ0) is 19.0. The molecule has 0 fully saturated rings. The molecule has 0 aliphatic heterocycles. The van der Waals surface area contributed by atoms with Crippen LogP contribution in [-0.4, -0.2) is 37.6 Å². The van der Waals surface area contributed by atoms with Gasteiger partial charge in [-0.05, 0) is 41.5 Å². The van der Waals surface area contributed by atoms with Crippen molar-refractivity contribution in [1.29, 1.82) is 0 Å². The SMILES string of the molecule is COC(c1ccc(O)cc1)c1c[nH]c2nnnc(-c3c(C)cc[nH]c3=O)c12. The number of rotatable bonds is 4. The zero-order valence-corrected chi connectivity index (χ0v) is 14.7. The van der Waals surface area contributed by atoms with Crippen LogP contribution in [0.15, 0.2) is 47.5 Å². The summed E-state index contributed by atoms with van der Waals surface area (Å²) in [7, 11) is 1.60. The summed E-state index contributed by atoms with van der Waals surface area (Å²) in [6.07, 6.45) is 2.93. The highest BCUT2D eigenvalue weighted by molar-refractivity contribution is 5.94. The molecule has 4 rings (SSSR count). The summed E-state index contributed by atoms with van der Waals surface area (Å²) in [6, 6.07) is 8.57. The number of benzene rings is 1. The largest absolute Gasteiger partial charge is 0.508 e. The number of ether oxygens (including phenoxy) is 1. The van der Waals surface area contributed by atoms with Crippen molar-refractivity contribution in [3.05, 3.63) is 69.8 Å². The molecule has 8 heteroatoms. The van der Waals surface area contributed by atoms with Crippen molar-refractivity contribution in [2.24, 2.45) is 0 Å². The Morgan fingerprint density at radius 2 is 1.89 bits per heavy atom. The average molecular weight is 363 g/mol. The standard InChI is InChI=1S/C19H17N5O3/c1-10-7-8-20-19(26)14(10)16-15-13(9-21-18(15)23-24-22-16)17(27-2)11-3-5-12(25)6-4-11/h3-9,17,25H,1-2H3,(H,20,26)(H,21,22,23). The van der Waals surface area contributed by atoms with E-state index in [1.165, 1.54) is 0 Å². The minimum Gasteiger partial charge on any atom is -0.508 e. The Morgan fingerprint density at radius 1 is 1.11 bits per heavy atom. The number of nitrogens with zero attached hydrogens (tertiary/aromatic N) is 3. The summed E-state index contributed by atoms with van der Waals surface area (Å²) in [6.45, 7) is 1.85. The van der Waals surface area contributed by atoms with Crippen molar-refractivity contribution in [3.63, 3.8) is 0 Å². The molecule has 1 unspecified atom stereocenters. The van der Waals surface area contributed by atoms with Crippen LogP contribution in [0.3, 0.4) is 0 Å². The molecule has 1 atom stereocenters. The van der Waals surface area contributed by atoms with Crippen LogP contribution in [0.1, 0.15) is 22.8 Å². The fourth-order valence-corrected chi connectivity index (χ4v) is 3.26. The number of hydrogen-bond donors (Lipinski definition) is 3. The summed E-state index contributed by atoms with van der Waals surface area (Å²) in [5, 5.41) is 22.2. The molecule has 0 saturated carbocycles. The number of aromatic amines is 2. The van der Waals surface area contributed by atoms with Crippen molar-refractivity contribution < 1.29 is 9.84 Å². The lowest BCUT2D eigenvalue weighted by atomic mass is 9.98. The lowest BCUT2D eigenvalue weighted by Gasteiger charge is -2.16. The number of fused-ring (bicyclic) bond motifs is 1. The Kier molecular flexibility index (Phi) is 4.17.